The molecule has 29 heavy (non-hydrogen) atoms. The van der Waals surface area contributed by atoms with Crippen LogP contribution in [0.15, 0.2) is 35.3 Å². The monoisotopic (exact) mass is 511 g/mol. The number of para-hydroxylation sites is 1. The van der Waals surface area contributed by atoms with Gasteiger partial charge in [0.25, 0.3) is 0 Å². The van der Waals surface area contributed by atoms with Gasteiger partial charge < -0.3 is 20.3 Å². The third-order valence-corrected chi connectivity index (χ3v) is 5.80. The lowest BCUT2D eigenvalue weighted by Crippen LogP contribution is -2.46. The van der Waals surface area contributed by atoms with Crippen LogP contribution in [0.4, 0.5) is 5.82 Å². The summed E-state index contributed by atoms with van der Waals surface area (Å²) in [6.45, 7) is 2.47. The first kappa shape index (κ1) is 23.7. The molecule has 1 aromatic heterocycles. The molecule has 160 valence electrons. The molecule has 1 heterocycles. The first-order valence-electron chi connectivity index (χ1n) is 10.1. The van der Waals surface area contributed by atoms with Crippen molar-refractivity contribution in [3.8, 4) is 0 Å². The van der Waals surface area contributed by atoms with E-state index in [4.69, 9.17) is 9.72 Å². The van der Waals surface area contributed by atoms with E-state index >= 15 is 0 Å². The van der Waals surface area contributed by atoms with Gasteiger partial charge >= 0.3 is 0 Å². The lowest BCUT2D eigenvalue weighted by Gasteiger charge is -2.42. The number of ether oxygens (including phenoxy) is 1. The zero-order chi connectivity index (χ0) is 20.0. The summed E-state index contributed by atoms with van der Waals surface area (Å²) >= 11 is 0. The molecule has 0 aliphatic heterocycles. The first-order chi connectivity index (χ1) is 13.6. The number of rotatable bonds is 8. The second kappa shape index (κ2) is 11.0. The number of aromatic nitrogens is 1. The summed E-state index contributed by atoms with van der Waals surface area (Å²) in [6, 6.07) is 10.4. The Morgan fingerprint density at radius 1 is 1.24 bits per heavy atom. The number of hydrogen-bond donors (Lipinski definition) is 2. The molecule has 1 aliphatic carbocycles. The average molecular weight is 511 g/mol. The minimum atomic E-state index is 0. The topological polar surface area (TPSA) is 61.8 Å². The Morgan fingerprint density at radius 3 is 2.62 bits per heavy atom. The SMILES string of the molecule is CN=C(NCc1cc(N(C)C)nc2ccccc12)NCC1(CCOC)CCC1.I. The van der Waals surface area contributed by atoms with E-state index in [-0.39, 0.29) is 24.0 Å². The molecule has 0 bridgehead atoms. The smallest absolute Gasteiger partial charge is 0.191 e. The van der Waals surface area contributed by atoms with Crippen molar-refractivity contribution in [2.45, 2.75) is 32.2 Å². The highest BCUT2D eigenvalue weighted by Crippen LogP contribution is 2.43. The van der Waals surface area contributed by atoms with E-state index in [1.807, 2.05) is 32.1 Å². The van der Waals surface area contributed by atoms with Crippen LogP contribution in [0, 0.1) is 5.41 Å². The predicted octanol–water partition coefficient (Wildman–Crippen LogP) is 3.79. The van der Waals surface area contributed by atoms with E-state index < -0.39 is 0 Å². The summed E-state index contributed by atoms with van der Waals surface area (Å²) in [5.74, 6) is 1.81. The number of hydrogen-bond acceptors (Lipinski definition) is 4. The van der Waals surface area contributed by atoms with E-state index in [0.717, 1.165) is 36.9 Å². The van der Waals surface area contributed by atoms with Gasteiger partial charge in [0.1, 0.15) is 5.82 Å². The number of guanidine groups is 1. The summed E-state index contributed by atoms with van der Waals surface area (Å²) < 4.78 is 5.30. The number of anilines is 1. The van der Waals surface area contributed by atoms with Gasteiger partial charge in [-0.25, -0.2) is 4.98 Å². The Labute approximate surface area is 191 Å². The van der Waals surface area contributed by atoms with Gasteiger partial charge in [-0.1, -0.05) is 24.6 Å². The molecule has 2 aromatic rings. The maximum atomic E-state index is 5.30. The molecule has 1 fully saturated rings. The Kier molecular flexibility index (Phi) is 8.95. The van der Waals surface area contributed by atoms with Gasteiger partial charge in [-0.2, -0.15) is 0 Å². The van der Waals surface area contributed by atoms with Crippen molar-refractivity contribution in [1.29, 1.82) is 0 Å². The molecule has 1 saturated carbocycles. The van der Waals surface area contributed by atoms with Gasteiger partial charge in [-0.3, -0.25) is 4.99 Å². The number of aliphatic imine (C=N–C) groups is 1. The molecule has 3 rings (SSSR count). The number of methoxy groups -OCH3 is 1. The number of halogens is 1. The van der Waals surface area contributed by atoms with Gasteiger partial charge in [0, 0.05) is 53.3 Å². The van der Waals surface area contributed by atoms with E-state index in [2.05, 4.69) is 39.9 Å². The standard InChI is InChI=1S/C22H33N5O.HI/c1-23-21(25-16-22(10-7-11-22)12-13-28-4)24-15-17-14-20(27(2)3)26-19-9-6-5-8-18(17)19;/h5-6,8-9,14H,7,10-13,15-16H2,1-4H3,(H2,23,24,25);1H. The van der Waals surface area contributed by atoms with Crippen LogP contribution in [0.1, 0.15) is 31.2 Å². The predicted molar refractivity (Wildman–Crippen MR) is 132 cm³/mol. The van der Waals surface area contributed by atoms with E-state index in [0.29, 0.717) is 12.0 Å². The lowest BCUT2D eigenvalue weighted by molar-refractivity contribution is 0.0732. The Bertz CT molecular complexity index is 820. The highest BCUT2D eigenvalue weighted by atomic mass is 127. The molecule has 2 N–H and O–H groups in total. The van der Waals surface area contributed by atoms with Gasteiger partial charge in [0.05, 0.1) is 5.52 Å². The van der Waals surface area contributed by atoms with Crippen LogP contribution in [0.3, 0.4) is 0 Å². The van der Waals surface area contributed by atoms with Crippen LogP contribution in [0.5, 0.6) is 0 Å². The minimum Gasteiger partial charge on any atom is -0.385 e. The molecule has 1 aromatic carbocycles. The Hall–Kier alpha value is -1.61. The number of nitrogens with zero attached hydrogens (tertiary/aromatic N) is 3. The van der Waals surface area contributed by atoms with Gasteiger partial charge in [0.15, 0.2) is 5.96 Å². The van der Waals surface area contributed by atoms with Crippen LogP contribution in [0.25, 0.3) is 10.9 Å². The maximum Gasteiger partial charge on any atom is 0.191 e. The fourth-order valence-corrected chi connectivity index (χ4v) is 3.79. The third-order valence-electron chi connectivity index (χ3n) is 5.80. The second-order valence-electron chi connectivity index (χ2n) is 7.93. The molecule has 0 radical (unpaired) electrons. The van der Waals surface area contributed by atoms with Gasteiger partial charge in [-0.15, -0.1) is 24.0 Å². The first-order valence-corrected chi connectivity index (χ1v) is 10.1. The molecular weight excluding hydrogens is 477 g/mol. The van der Waals surface area contributed by atoms with Crippen molar-refractivity contribution in [2.75, 3.05) is 46.3 Å². The molecule has 0 unspecified atom stereocenters. The quantitative estimate of drug-likeness (QED) is 0.321. The summed E-state index contributed by atoms with van der Waals surface area (Å²) in [4.78, 5) is 11.2. The number of nitrogens with one attached hydrogen (secondary N) is 2. The van der Waals surface area contributed by atoms with Crippen molar-refractivity contribution in [3.63, 3.8) is 0 Å². The summed E-state index contributed by atoms with van der Waals surface area (Å²) in [5.41, 5.74) is 2.59. The van der Waals surface area contributed by atoms with E-state index in [9.17, 15) is 0 Å². The molecule has 0 spiro atoms. The zero-order valence-corrected chi connectivity index (χ0v) is 20.3. The van der Waals surface area contributed by atoms with Gasteiger partial charge in [0.2, 0.25) is 0 Å². The largest absolute Gasteiger partial charge is 0.385 e. The third kappa shape index (κ3) is 5.94. The van der Waals surface area contributed by atoms with Crippen LogP contribution in [-0.2, 0) is 11.3 Å². The molecule has 0 amide bonds. The van der Waals surface area contributed by atoms with E-state index in [1.165, 1.54) is 30.2 Å². The Morgan fingerprint density at radius 2 is 2.00 bits per heavy atom. The lowest BCUT2D eigenvalue weighted by atomic mass is 9.67. The minimum absolute atomic E-state index is 0. The Balaban J connectivity index is 0.00000300. The molecule has 6 nitrogen and oxygen atoms in total. The summed E-state index contributed by atoms with van der Waals surface area (Å²) in [7, 11) is 7.65. The van der Waals surface area contributed by atoms with Crippen LogP contribution < -0.4 is 15.5 Å². The van der Waals surface area contributed by atoms with Crippen molar-refractivity contribution in [3.05, 3.63) is 35.9 Å². The molecule has 0 atom stereocenters. The zero-order valence-electron chi connectivity index (χ0n) is 18.0. The van der Waals surface area contributed by atoms with Crippen LogP contribution in [0.2, 0.25) is 0 Å². The summed E-state index contributed by atoms with van der Waals surface area (Å²) in [6.07, 6.45) is 4.95. The molecule has 0 saturated heterocycles. The summed E-state index contributed by atoms with van der Waals surface area (Å²) in [5, 5.41) is 8.19. The maximum absolute atomic E-state index is 5.30. The average Bonchev–Trinajstić information content (AvgIpc) is 2.68. The number of pyridine rings is 1. The fourth-order valence-electron chi connectivity index (χ4n) is 3.79. The highest BCUT2D eigenvalue weighted by Gasteiger charge is 2.36. The fraction of sp³-hybridized carbons (Fsp3) is 0.545. The van der Waals surface area contributed by atoms with E-state index in [1.54, 1.807) is 7.11 Å². The van der Waals surface area contributed by atoms with Crippen molar-refractivity contribution < 1.29 is 4.74 Å². The van der Waals surface area contributed by atoms with Crippen molar-refractivity contribution in [1.82, 2.24) is 15.6 Å². The van der Waals surface area contributed by atoms with Crippen molar-refractivity contribution >= 4 is 46.7 Å². The molecule has 1 aliphatic rings. The van der Waals surface area contributed by atoms with Crippen LogP contribution in [-0.4, -0.2) is 52.3 Å². The normalized spacial score (nSPS) is 15.4. The molecule has 7 heteroatoms. The number of benzene rings is 1. The second-order valence-corrected chi connectivity index (χ2v) is 7.93. The molecular formula is C22H34IN5O. The van der Waals surface area contributed by atoms with Crippen LogP contribution >= 0.6 is 24.0 Å². The highest BCUT2D eigenvalue weighted by molar-refractivity contribution is 14.0. The van der Waals surface area contributed by atoms with Gasteiger partial charge in [-0.05, 0) is 42.4 Å². The van der Waals surface area contributed by atoms with Crippen molar-refractivity contribution in [2.24, 2.45) is 10.4 Å². The number of fused-ring (bicyclic) bond motifs is 1.